The number of nitrogens with one attached hydrogen (secondary N) is 1. The lowest BCUT2D eigenvalue weighted by molar-refractivity contribution is 0.803. The minimum Gasteiger partial charge on any atom is -0.278 e. The van der Waals surface area contributed by atoms with Gasteiger partial charge in [-0.1, -0.05) is 41.6 Å². The second kappa shape index (κ2) is 5.79. The van der Waals surface area contributed by atoms with Crippen LogP contribution in [0.15, 0.2) is 72.0 Å². The molecule has 5 nitrogen and oxygen atoms in total. The zero-order chi connectivity index (χ0) is 13.6. The molecule has 0 atom stereocenters. The van der Waals surface area contributed by atoms with Crippen LogP contribution in [0.1, 0.15) is 5.69 Å². The maximum absolute atomic E-state index is 4.13. The molecule has 0 unspecified atom stereocenters. The second-order valence-corrected chi connectivity index (χ2v) is 4.16. The maximum Gasteiger partial charge on any atom is 0.126 e. The third-order valence-corrected chi connectivity index (χ3v) is 2.70. The highest BCUT2D eigenvalue weighted by Gasteiger charge is 1.99. The van der Waals surface area contributed by atoms with E-state index in [9.17, 15) is 0 Å². The van der Waals surface area contributed by atoms with Crippen LogP contribution in [0.25, 0.3) is 5.69 Å². The molecule has 5 heteroatoms. The zero-order valence-corrected chi connectivity index (χ0v) is 10.7. The van der Waals surface area contributed by atoms with E-state index in [-0.39, 0.29) is 0 Å². The van der Waals surface area contributed by atoms with Gasteiger partial charge >= 0.3 is 0 Å². The number of hydrazone groups is 1. The van der Waals surface area contributed by atoms with Gasteiger partial charge in [-0.2, -0.15) is 5.10 Å². The van der Waals surface area contributed by atoms with Gasteiger partial charge < -0.3 is 0 Å². The molecule has 0 aliphatic carbocycles. The summed E-state index contributed by atoms with van der Waals surface area (Å²) in [5, 5.41) is 12.2. The number of aromatic nitrogens is 3. The highest BCUT2D eigenvalue weighted by Crippen LogP contribution is 2.06. The molecular weight excluding hydrogens is 250 g/mol. The van der Waals surface area contributed by atoms with E-state index in [0.29, 0.717) is 5.69 Å². The van der Waals surface area contributed by atoms with Crippen molar-refractivity contribution in [2.24, 2.45) is 5.10 Å². The first-order valence-corrected chi connectivity index (χ1v) is 6.24. The van der Waals surface area contributed by atoms with E-state index >= 15 is 0 Å². The van der Waals surface area contributed by atoms with Crippen LogP contribution >= 0.6 is 0 Å². The molecule has 0 fully saturated rings. The van der Waals surface area contributed by atoms with Gasteiger partial charge in [0, 0.05) is 0 Å². The zero-order valence-electron chi connectivity index (χ0n) is 10.7. The molecular formula is C15H13N5. The van der Waals surface area contributed by atoms with E-state index in [1.165, 1.54) is 0 Å². The van der Waals surface area contributed by atoms with Gasteiger partial charge in [0.2, 0.25) is 0 Å². The molecule has 0 radical (unpaired) electrons. The highest BCUT2D eigenvalue weighted by atomic mass is 15.4. The molecule has 1 heterocycles. The highest BCUT2D eigenvalue weighted by molar-refractivity contribution is 5.77. The summed E-state index contributed by atoms with van der Waals surface area (Å²) in [6, 6.07) is 19.6. The van der Waals surface area contributed by atoms with Crippen molar-refractivity contribution in [1.29, 1.82) is 0 Å². The lowest BCUT2D eigenvalue weighted by Crippen LogP contribution is -1.93. The van der Waals surface area contributed by atoms with Gasteiger partial charge in [0.25, 0.3) is 0 Å². The van der Waals surface area contributed by atoms with Gasteiger partial charge in [0.05, 0.1) is 23.8 Å². The number of rotatable bonds is 4. The van der Waals surface area contributed by atoms with Crippen LogP contribution in [0, 0.1) is 0 Å². The number of nitrogens with zero attached hydrogens (tertiary/aromatic N) is 4. The summed E-state index contributed by atoms with van der Waals surface area (Å²) >= 11 is 0. The smallest absolute Gasteiger partial charge is 0.126 e. The third-order valence-electron chi connectivity index (χ3n) is 2.70. The molecule has 0 bridgehead atoms. The largest absolute Gasteiger partial charge is 0.278 e. The van der Waals surface area contributed by atoms with Crippen molar-refractivity contribution < 1.29 is 0 Å². The van der Waals surface area contributed by atoms with Gasteiger partial charge in [-0.25, -0.2) is 4.68 Å². The van der Waals surface area contributed by atoms with Crippen LogP contribution in [0.3, 0.4) is 0 Å². The number of benzene rings is 2. The van der Waals surface area contributed by atoms with Gasteiger partial charge in [-0.05, 0) is 24.3 Å². The van der Waals surface area contributed by atoms with Gasteiger partial charge in [-0.15, -0.1) is 5.10 Å². The van der Waals surface area contributed by atoms with Gasteiger partial charge in [-0.3, -0.25) is 5.43 Å². The Morgan fingerprint density at radius 3 is 2.40 bits per heavy atom. The number of anilines is 1. The van der Waals surface area contributed by atoms with Gasteiger partial charge in [0.15, 0.2) is 0 Å². The number of hydrogen-bond acceptors (Lipinski definition) is 4. The molecule has 20 heavy (non-hydrogen) atoms. The fourth-order valence-electron chi connectivity index (χ4n) is 1.73. The summed E-state index contributed by atoms with van der Waals surface area (Å²) in [6.07, 6.45) is 3.46. The van der Waals surface area contributed by atoms with E-state index in [2.05, 4.69) is 20.8 Å². The Balaban J connectivity index is 1.69. The summed E-state index contributed by atoms with van der Waals surface area (Å²) < 4.78 is 1.71. The average Bonchev–Trinajstić information content (AvgIpc) is 2.98. The lowest BCUT2D eigenvalue weighted by atomic mass is 10.3. The van der Waals surface area contributed by atoms with E-state index < -0.39 is 0 Å². The van der Waals surface area contributed by atoms with Gasteiger partial charge in [0.1, 0.15) is 5.69 Å². The lowest BCUT2D eigenvalue weighted by Gasteiger charge is -1.97. The maximum atomic E-state index is 4.13. The summed E-state index contributed by atoms with van der Waals surface area (Å²) in [7, 11) is 0. The molecule has 3 aromatic rings. The molecule has 0 amide bonds. The molecule has 98 valence electrons. The number of hydrogen-bond donors (Lipinski definition) is 1. The fraction of sp³-hybridized carbons (Fsp3) is 0. The number of para-hydroxylation sites is 2. The standard InChI is InChI=1S/C15H13N5/c1-3-7-13(8-4-1)17-16-11-14-12-20(19-18-14)15-9-5-2-6-10-15/h1-12,17H/b16-11-. The van der Waals surface area contributed by atoms with Crippen molar-refractivity contribution in [2.75, 3.05) is 5.43 Å². The Labute approximate surface area is 116 Å². The van der Waals surface area contributed by atoms with Crippen molar-refractivity contribution in [1.82, 2.24) is 15.0 Å². The van der Waals surface area contributed by atoms with E-state index in [0.717, 1.165) is 11.4 Å². The monoisotopic (exact) mass is 263 g/mol. The molecule has 0 aliphatic heterocycles. The van der Waals surface area contributed by atoms with Crippen molar-refractivity contribution in [2.45, 2.75) is 0 Å². The van der Waals surface area contributed by atoms with Crippen molar-refractivity contribution in [3.05, 3.63) is 72.6 Å². The fourth-order valence-corrected chi connectivity index (χ4v) is 1.73. The van der Waals surface area contributed by atoms with Crippen LogP contribution in [0.4, 0.5) is 5.69 Å². The second-order valence-electron chi connectivity index (χ2n) is 4.16. The first-order valence-electron chi connectivity index (χ1n) is 6.24. The first kappa shape index (κ1) is 12.1. The molecule has 0 spiro atoms. The molecule has 3 rings (SSSR count). The normalized spacial score (nSPS) is 10.8. The van der Waals surface area contributed by atoms with Crippen LogP contribution in [0.5, 0.6) is 0 Å². The summed E-state index contributed by atoms with van der Waals surface area (Å²) in [6.45, 7) is 0. The van der Waals surface area contributed by atoms with Crippen LogP contribution in [-0.2, 0) is 0 Å². The van der Waals surface area contributed by atoms with Crippen molar-refractivity contribution >= 4 is 11.9 Å². The summed E-state index contributed by atoms with van der Waals surface area (Å²) in [4.78, 5) is 0. The quantitative estimate of drug-likeness (QED) is 0.581. The van der Waals surface area contributed by atoms with Crippen LogP contribution < -0.4 is 5.43 Å². The third kappa shape index (κ3) is 2.89. The topological polar surface area (TPSA) is 55.1 Å². The van der Waals surface area contributed by atoms with E-state index in [4.69, 9.17) is 0 Å². The minimum atomic E-state index is 0.692. The van der Waals surface area contributed by atoms with Crippen LogP contribution in [-0.4, -0.2) is 21.2 Å². The Morgan fingerprint density at radius 2 is 1.65 bits per heavy atom. The predicted octanol–water partition coefficient (Wildman–Crippen LogP) is 2.71. The van der Waals surface area contributed by atoms with E-state index in [1.54, 1.807) is 10.9 Å². The molecule has 1 aromatic heterocycles. The Bertz CT molecular complexity index is 689. The first-order chi connectivity index (χ1) is 9.92. The van der Waals surface area contributed by atoms with Crippen LogP contribution in [0.2, 0.25) is 0 Å². The molecule has 0 saturated heterocycles. The summed E-state index contributed by atoms with van der Waals surface area (Å²) in [5.74, 6) is 0. The minimum absolute atomic E-state index is 0.692. The Kier molecular flexibility index (Phi) is 3.51. The molecule has 0 aliphatic rings. The van der Waals surface area contributed by atoms with Crippen molar-refractivity contribution in [3.63, 3.8) is 0 Å². The average molecular weight is 263 g/mol. The van der Waals surface area contributed by atoms with Crippen molar-refractivity contribution in [3.8, 4) is 5.69 Å². The predicted molar refractivity (Wildman–Crippen MR) is 79.0 cm³/mol. The molecule has 2 aromatic carbocycles. The Morgan fingerprint density at radius 1 is 0.950 bits per heavy atom. The molecule has 0 saturated carbocycles. The summed E-state index contributed by atoms with van der Waals surface area (Å²) in [5.41, 5.74) is 5.52. The Hall–Kier alpha value is -2.95. The molecule has 1 N–H and O–H groups in total. The van der Waals surface area contributed by atoms with E-state index in [1.807, 2.05) is 66.9 Å². The SMILES string of the molecule is C(=N/Nc1ccccc1)/c1cn(-c2ccccc2)nn1.